The predicted octanol–water partition coefficient (Wildman–Crippen LogP) is -0.853. The summed E-state index contributed by atoms with van der Waals surface area (Å²) in [4.78, 5) is 23.6. The van der Waals surface area contributed by atoms with Gasteiger partial charge in [-0.1, -0.05) is 0 Å². The molecule has 0 atom stereocenters. The molecule has 0 aliphatic rings. The number of rotatable bonds is 6. The fourth-order valence-corrected chi connectivity index (χ4v) is 9.62. The molecular weight excluding hydrogens is 534 g/mol. The maximum atomic E-state index is 5.59. The van der Waals surface area contributed by atoms with Crippen molar-refractivity contribution in [2.24, 2.45) is 0 Å². The van der Waals surface area contributed by atoms with Gasteiger partial charge < -0.3 is 0 Å². The fourth-order valence-electron chi connectivity index (χ4n) is 2.53. The van der Waals surface area contributed by atoms with E-state index in [1.54, 1.807) is 0 Å². The molecule has 0 saturated heterocycles. The Balaban J connectivity index is 1.38. The van der Waals surface area contributed by atoms with Gasteiger partial charge in [-0.2, -0.15) is 0 Å². The molecule has 0 bridgehead atoms. The van der Waals surface area contributed by atoms with E-state index >= 15 is 0 Å². The van der Waals surface area contributed by atoms with E-state index in [4.69, 9.17) is 22.9 Å². The van der Waals surface area contributed by atoms with Crippen LogP contribution >= 0.6 is 0 Å². The van der Waals surface area contributed by atoms with Crippen LogP contribution in [0.4, 0.5) is 47.1 Å². The van der Waals surface area contributed by atoms with Crippen LogP contribution in [0.25, 0.3) is 0 Å². The zero-order chi connectivity index (χ0) is 22.5. The van der Waals surface area contributed by atoms with Crippen LogP contribution in [0.1, 0.15) is 0 Å². The SMILES string of the molecule is Nc1nc(N)nc(Nc2ccc([As]=[As]c3ccc(Nc4nc(N)nc(N)n4)cc3)cc2)n1. The third kappa shape index (κ3) is 5.96. The molecule has 12 nitrogen and oxygen atoms in total. The molecule has 4 aromatic rings. The molecule has 10 N–H and O–H groups in total. The van der Waals surface area contributed by atoms with Crippen molar-refractivity contribution in [3.63, 3.8) is 0 Å². The third-order valence-corrected chi connectivity index (χ3v) is 12.4. The molecule has 160 valence electrons. The molecule has 32 heavy (non-hydrogen) atoms. The molecule has 0 fully saturated rings. The number of aromatic nitrogens is 6. The number of benzene rings is 2. The Labute approximate surface area is 193 Å². The summed E-state index contributed by atoms with van der Waals surface area (Å²) in [5.41, 5.74) is 24.1. The van der Waals surface area contributed by atoms with Crippen molar-refractivity contribution in [3.05, 3.63) is 48.5 Å². The standard InChI is InChI=1S/C18H18As2N12/c21-13-27-14(22)30-17(29-13)25-11-5-1-9(2-6-11)19-20-10-3-7-12(8-4-10)26-18-31-15(23)28-16(24)32-18/h1-8H,(H5,21,22,25,27,29,30)(H5,23,24,26,28,31,32). The van der Waals surface area contributed by atoms with E-state index in [2.05, 4.69) is 64.8 Å². The van der Waals surface area contributed by atoms with Crippen LogP contribution in [0.2, 0.25) is 0 Å². The number of nitrogens with zero attached hydrogens (tertiary/aromatic N) is 6. The zero-order valence-corrected chi connectivity index (χ0v) is 20.3. The first-order valence-electron chi connectivity index (χ1n) is 9.13. The molecule has 2 aromatic carbocycles. The predicted molar refractivity (Wildman–Crippen MR) is 128 cm³/mol. The van der Waals surface area contributed by atoms with Crippen LogP contribution in [-0.4, -0.2) is 56.2 Å². The Morgan fingerprint density at radius 2 is 0.781 bits per heavy atom. The Bertz CT molecular complexity index is 1120. The maximum absolute atomic E-state index is 5.59. The van der Waals surface area contributed by atoms with Gasteiger partial charge in [0.25, 0.3) is 0 Å². The molecule has 0 aliphatic heterocycles. The van der Waals surface area contributed by atoms with E-state index in [9.17, 15) is 0 Å². The summed E-state index contributed by atoms with van der Waals surface area (Å²) in [6, 6.07) is 16.4. The van der Waals surface area contributed by atoms with Gasteiger partial charge in [0.2, 0.25) is 0 Å². The topological polar surface area (TPSA) is 205 Å². The van der Waals surface area contributed by atoms with E-state index in [0.717, 1.165) is 11.4 Å². The molecule has 0 saturated carbocycles. The van der Waals surface area contributed by atoms with Gasteiger partial charge in [0.15, 0.2) is 0 Å². The van der Waals surface area contributed by atoms with Crippen LogP contribution in [0.3, 0.4) is 0 Å². The Kier molecular flexibility index (Phi) is 6.53. The average molecular weight is 552 g/mol. The molecule has 2 aromatic heterocycles. The van der Waals surface area contributed by atoms with Crippen molar-refractivity contribution in [2.75, 3.05) is 33.6 Å². The first kappa shape index (κ1) is 21.6. The Hall–Kier alpha value is -3.62. The van der Waals surface area contributed by atoms with Gasteiger partial charge in [-0.3, -0.25) is 0 Å². The number of nitrogen functional groups attached to an aromatic ring is 4. The van der Waals surface area contributed by atoms with E-state index in [1.807, 2.05) is 24.3 Å². The summed E-state index contributed by atoms with van der Waals surface area (Å²) in [5.74, 6) is 0.945. The van der Waals surface area contributed by atoms with Crippen LogP contribution in [0.5, 0.6) is 0 Å². The van der Waals surface area contributed by atoms with Crippen molar-refractivity contribution < 1.29 is 0 Å². The summed E-state index contributed by atoms with van der Waals surface area (Å²) < 4.78 is 2.67. The van der Waals surface area contributed by atoms with Crippen LogP contribution in [0.15, 0.2) is 48.5 Å². The molecule has 0 radical (unpaired) electrons. The van der Waals surface area contributed by atoms with Crippen molar-refractivity contribution in [2.45, 2.75) is 0 Å². The van der Waals surface area contributed by atoms with Gasteiger partial charge in [0.05, 0.1) is 0 Å². The van der Waals surface area contributed by atoms with E-state index in [0.29, 0.717) is 11.9 Å². The summed E-state index contributed by atoms with van der Waals surface area (Å²) in [7, 11) is 0. The van der Waals surface area contributed by atoms with Crippen LogP contribution in [0, 0.1) is 0 Å². The van der Waals surface area contributed by atoms with Crippen molar-refractivity contribution >= 4 is 82.0 Å². The van der Waals surface area contributed by atoms with Gasteiger partial charge in [0, 0.05) is 0 Å². The number of hydrogen-bond donors (Lipinski definition) is 6. The average Bonchev–Trinajstić information content (AvgIpc) is 2.73. The molecule has 2 heterocycles. The summed E-state index contributed by atoms with van der Waals surface area (Å²) in [6.45, 7) is 0. The zero-order valence-electron chi connectivity index (χ0n) is 16.5. The monoisotopic (exact) mass is 552 g/mol. The summed E-state index contributed by atoms with van der Waals surface area (Å²) in [5, 5.41) is 6.16. The molecule has 4 rings (SSSR count). The van der Waals surface area contributed by atoms with Crippen molar-refractivity contribution in [3.8, 4) is 0 Å². The fraction of sp³-hybridized carbons (Fsp3) is 0. The third-order valence-electron chi connectivity index (χ3n) is 3.87. The minimum atomic E-state index is 0.0554. The number of anilines is 8. The molecule has 0 spiro atoms. The Morgan fingerprint density at radius 3 is 1.09 bits per heavy atom. The minimum absolute atomic E-state index is 0.0554. The van der Waals surface area contributed by atoms with Crippen LogP contribution in [-0.2, 0) is 0 Å². The van der Waals surface area contributed by atoms with Crippen LogP contribution < -0.4 is 42.3 Å². The van der Waals surface area contributed by atoms with Crippen molar-refractivity contribution in [1.29, 1.82) is 0 Å². The van der Waals surface area contributed by atoms with Gasteiger partial charge in [-0.25, -0.2) is 0 Å². The number of nitrogens with one attached hydrogen (secondary N) is 2. The van der Waals surface area contributed by atoms with Gasteiger partial charge in [-0.05, 0) is 0 Å². The van der Waals surface area contributed by atoms with Gasteiger partial charge in [-0.15, -0.1) is 0 Å². The normalized spacial score (nSPS) is 10.9. The van der Waals surface area contributed by atoms with Crippen molar-refractivity contribution in [1.82, 2.24) is 29.9 Å². The summed E-state index contributed by atoms with van der Waals surface area (Å²) >= 11 is 0.111. The second kappa shape index (κ2) is 9.67. The summed E-state index contributed by atoms with van der Waals surface area (Å²) in [6.07, 6.45) is 0. The van der Waals surface area contributed by atoms with E-state index in [1.165, 1.54) is 8.70 Å². The second-order valence-electron chi connectivity index (χ2n) is 6.29. The first-order chi connectivity index (χ1) is 15.4. The van der Waals surface area contributed by atoms with Gasteiger partial charge >= 0.3 is 194 Å². The molecule has 0 aliphatic carbocycles. The van der Waals surface area contributed by atoms with E-state index < -0.39 is 0 Å². The first-order valence-corrected chi connectivity index (χ1v) is 16.2. The second-order valence-corrected chi connectivity index (χ2v) is 13.7. The van der Waals surface area contributed by atoms with Gasteiger partial charge in [0.1, 0.15) is 0 Å². The quantitative estimate of drug-likeness (QED) is 0.162. The number of hydrogen-bond acceptors (Lipinski definition) is 12. The van der Waals surface area contributed by atoms with E-state index in [-0.39, 0.29) is 50.1 Å². The molecule has 14 heteroatoms. The molecule has 0 amide bonds. The molecular formula is C18H18As2N12. The Morgan fingerprint density at radius 1 is 0.469 bits per heavy atom. The number of nitrogens with two attached hydrogens (primary N) is 4. The molecule has 0 unspecified atom stereocenters.